The maximum absolute atomic E-state index is 12.7. The Kier molecular flexibility index (Phi) is 8.46. The highest BCUT2D eigenvalue weighted by molar-refractivity contribution is 5.89. The molecule has 2 amide bonds. The average Bonchev–Trinajstić information content (AvgIpc) is 3.24. The lowest BCUT2D eigenvalue weighted by molar-refractivity contribution is -0.384. The van der Waals surface area contributed by atoms with Gasteiger partial charge in [0.2, 0.25) is 0 Å². The van der Waals surface area contributed by atoms with Crippen LogP contribution in [0, 0.1) is 16.0 Å². The maximum atomic E-state index is 12.7. The molecule has 1 aliphatic rings. The number of amides is 2. The molecule has 2 atom stereocenters. The zero-order chi connectivity index (χ0) is 26.3. The van der Waals surface area contributed by atoms with Crippen molar-refractivity contribution < 1.29 is 33.5 Å². The first-order valence-corrected chi connectivity index (χ1v) is 11.4. The fraction of sp³-hybridized carbons (Fsp3) is 0.400. The molecule has 2 aromatic carbocycles. The predicted molar refractivity (Wildman–Crippen MR) is 128 cm³/mol. The van der Waals surface area contributed by atoms with E-state index in [-0.39, 0.29) is 37.5 Å². The van der Waals surface area contributed by atoms with E-state index in [4.69, 9.17) is 14.2 Å². The summed E-state index contributed by atoms with van der Waals surface area (Å²) in [5, 5.41) is 13.5. The van der Waals surface area contributed by atoms with E-state index in [0.29, 0.717) is 0 Å². The fourth-order valence-corrected chi connectivity index (χ4v) is 3.56. The minimum absolute atomic E-state index is 0.0685. The van der Waals surface area contributed by atoms with Gasteiger partial charge >= 0.3 is 18.2 Å². The number of benzene rings is 2. The van der Waals surface area contributed by atoms with E-state index in [0.717, 1.165) is 5.56 Å². The largest absolute Gasteiger partial charge is 0.456 e. The Labute approximate surface area is 208 Å². The first kappa shape index (κ1) is 26.5. The lowest BCUT2D eigenvalue weighted by atomic mass is 10.1. The van der Waals surface area contributed by atoms with Gasteiger partial charge in [-0.05, 0) is 38.5 Å². The van der Waals surface area contributed by atoms with Crippen molar-refractivity contribution in [3.05, 3.63) is 75.8 Å². The van der Waals surface area contributed by atoms with Crippen LogP contribution in [0.15, 0.2) is 54.6 Å². The standard InChI is InChI=1S/C25H29N3O8/c1-25(2,3)36-24(31)27-14-19(13-26-23(30)34-16-17-7-5-4-6-8-17)21(15-27)35-22(29)18-9-11-20(12-10-18)28(32)33/h4-12,19,21H,13-16H2,1-3H3,(H,26,30)/t19-,21-/m1/s1. The number of non-ortho nitro benzene ring substituents is 1. The van der Waals surface area contributed by atoms with Crippen molar-refractivity contribution in [3.63, 3.8) is 0 Å². The number of hydrogen-bond donors (Lipinski definition) is 1. The Morgan fingerprint density at radius 2 is 1.72 bits per heavy atom. The zero-order valence-electron chi connectivity index (χ0n) is 20.3. The summed E-state index contributed by atoms with van der Waals surface area (Å²) in [6.45, 7) is 5.68. The molecule has 11 heteroatoms. The second kappa shape index (κ2) is 11.5. The van der Waals surface area contributed by atoms with Gasteiger partial charge in [-0.3, -0.25) is 10.1 Å². The molecule has 3 rings (SSSR count). The van der Waals surface area contributed by atoms with Crippen molar-refractivity contribution in [1.29, 1.82) is 0 Å². The van der Waals surface area contributed by atoms with Gasteiger partial charge in [-0.25, -0.2) is 14.4 Å². The Hall–Kier alpha value is -4.15. The van der Waals surface area contributed by atoms with E-state index in [1.165, 1.54) is 29.2 Å². The predicted octanol–water partition coefficient (Wildman–Crippen LogP) is 3.91. The molecular weight excluding hydrogens is 470 g/mol. The highest BCUT2D eigenvalue weighted by Gasteiger charge is 2.40. The minimum Gasteiger partial charge on any atom is -0.456 e. The van der Waals surface area contributed by atoms with Crippen LogP contribution in [0.1, 0.15) is 36.7 Å². The number of nitrogens with one attached hydrogen (secondary N) is 1. The number of carbonyl (C=O) groups is 3. The molecule has 36 heavy (non-hydrogen) atoms. The summed E-state index contributed by atoms with van der Waals surface area (Å²) in [4.78, 5) is 49.2. The zero-order valence-corrected chi connectivity index (χ0v) is 20.3. The van der Waals surface area contributed by atoms with Gasteiger partial charge in [0.1, 0.15) is 18.3 Å². The summed E-state index contributed by atoms with van der Waals surface area (Å²) in [6, 6.07) is 14.2. The SMILES string of the molecule is CC(C)(C)OC(=O)N1C[C@@H](CNC(=O)OCc2ccccc2)[C@H](OC(=O)c2ccc([N+](=O)[O-])cc2)C1. The van der Waals surface area contributed by atoms with Crippen LogP contribution in [0.5, 0.6) is 0 Å². The molecule has 0 unspecified atom stereocenters. The number of likely N-dealkylation sites (tertiary alicyclic amines) is 1. The van der Waals surface area contributed by atoms with Crippen molar-refractivity contribution in [2.24, 2.45) is 5.92 Å². The third kappa shape index (κ3) is 7.69. The van der Waals surface area contributed by atoms with Gasteiger partial charge in [-0.1, -0.05) is 30.3 Å². The number of alkyl carbamates (subject to hydrolysis) is 1. The van der Waals surface area contributed by atoms with Gasteiger partial charge in [0.05, 0.1) is 17.0 Å². The molecule has 1 N–H and O–H groups in total. The molecule has 0 bridgehead atoms. The molecule has 0 aromatic heterocycles. The topological polar surface area (TPSA) is 137 Å². The smallest absolute Gasteiger partial charge is 0.410 e. The third-order valence-electron chi connectivity index (χ3n) is 5.33. The number of nitrogens with zero attached hydrogens (tertiary/aromatic N) is 2. The molecule has 0 saturated carbocycles. The van der Waals surface area contributed by atoms with E-state index < -0.39 is 40.7 Å². The summed E-state index contributed by atoms with van der Waals surface area (Å²) >= 11 is 0. The molecule has 0 spiro atoms. The molecule has 1 heterocycles. The Balaban J connectivity index is 1.63. The highest BCUT2D eigenvalue weighted by Crippen LogP contribution is 2.24. The van der Waals surface area contributed by atoms with E-state index in [1.54, 1.807) is 20.8 Å². The number of hydrogen-bond acceptors (Lipinski definition) is 8. The Bertz CT molecular complexity index is 1080. The van der Waals surface area contributed by atoms with Crippen LogP contribution in [-0.2, 0) is 20.8 Å². The monoisotopic (exact) mass is 499 g/mol. The van der Waals surface area contributed by atoms with Crippen molar-refractivity contribution in [2.45, 2.75) is 39.1 Å². The molecule has 2 aromatic rings. The van der Waals surface area contributed by atoms with Gasteiger partial charge in [0.15, 0.2) is 0 Å². The summed E-state index contributed by atoms with van der Waals surface area (Å²) < 4.78 is 16.3. The second-order valence-corrected chi connectivity index (χ2v) is 9.34. The van der Waals surface area contributed by atoms with Crippen LogP contribution in [0.3, 0.4) is 0 Å². The van der Waals surface area contributed by atoms with Crippen molar-refractivity contribution >= 4 is 23.8 Å². The van der Waals surface area contributed by atoms with Gasteiger partial charge in [0.25, 0.3) is 5.69 Å². The summed E-state index contributed by atoms with van der Waals surface area (Å²) in [6.07, 6.45) is -1.95. The number of rotatable bonds is 7. The van der Waals surface area contributed by atoms with Gasteiger partial charge in [-0.15, -0.1) is 0 Å². The normalized spacial score (nSPS) is 17.2. The molecule has 1 aliphatic heterocycles. The number of ether oxygens (including phenoxy) is 3. The number of esters is 1. The van der Waals surface area contributed by atoms with Crippen molar-refractivity contribution in [1.82, 2.24) is 10.2 Å². The number of carbonyl (C=O) groups excluding carboxylic acids is 3. The lowest BCUT2D eigenvalue weighted by Gasteiger charge is -2.24. The van der Waals surface area contributed by atoms with Gasteiger partial charge in [-0.2, -0.15) is 0 Å². The quantitative estimate of drug-likeness (QED) is 0.262. The Morgan fingerprint density at radius 1 is 1.06 bits per heavy atom. The lowest BCUT2D eigenvalue weighted by Crippen LogP contribution is -2.37. The second-order valence-electron chi connectivity index (χ2n) is 9.34. The van der Waals surface area contributed by atoms with Crippen LogP contribution >= 0.6 is 0 Å². The van der Waals surface area contributed by atoms with Crippen LogP contribution in [-0.4, -0.2) is 59.3 Å². The van der Waals surface area contributed by atoms with Crippen LogP contribution < -0.4 is 5.32 Å². The average molecular weight is 500 g/mol. The summed E-state index contributed by atoms with van der Waals surface area (Å²) in [5.74, 6) is -1.12. The molecule has 1 fully saturated rings. The van der Waals surface area contributed by atoms with Gasteiger partial charge < -0.3 is 24.4 Å². The highest BCUT2D eigenvalue weighted by atomic mass is 16.6. The first-order valence-electron chi connectivity index (χ1n) is 11.4. The van der Waals surface area contributed by atoms with Crippen molar-refractivity contribution in [2.75, 3.05) is 19.6 Å². The maximum Gasteiger partial charge on any atom is 0.410 e. The van der Waals surface area contributed by atoms with Crippen molar-refractivity contribution in [3.8, 4) is 0 Å². The van der Waals surface area contributed by atoms with E-state index in [1.807, 2.05) is 30.3 Å². The molecule has 1 saturated heterocycles. The van der Waals surface area contributed by atoms with Crippen LogP contribution in [0.2, 0.25) is 0 Å². The summed E-state index contributed by atoms with van der Waals surface area (Å²) in [5.41, 5.74) is 0.101. The van der Waals surface area contributed by atoms with Gasteiger partial charge in [0, 0.05) is 31.1 Å². The van der Waals surface area contributed by atoms with E-state index in [2.05, 4.69) is 5.32 Å². The summed E-state index contributed by atoms with van der Waals surface area (Å²) in [7, 11) is 0. The molecule has 11 nitrogen and oxygen atoms in total. The van der Waals surface area contributed by atoms with Crippen LogP contribution in [0.25, 0.3) is 0 Å². The fourth-order valence-electron chi connectivity index (χ4n) is 3.56. The molecule has 192 valence electrons. The van der Waals surface area contributed by atoms with Crippen LogP contribution in [0.4, 0.5) is 15.3 Å². The number of nitro benzene ring substituents is 1. The third-order valence-corrected chi connectivity index (χ3v) is 5.33. The molecule has 0 radical (unpaired) electrons. The first-order chi connectivity index (χ1) is 17.0. The molecule has 0 aliphatic carbocycles. The minimum atomic E-state index is -0.741. The Morgan fingerprint density at radius 3 is 2.33 bits per heavy atom. The van der Waals surface area contributed by atoms with E-state index >= 15 is 0 Å². The molecular formula is C25H29N3O8. The van der Waals surface area contributed by atoms with E-state index in [9.17, 15) is 24.5 Å². The number of nitro groups is 1.